The van der Waals surface area contributed by atoms with Gasteiger partial charge in [0.1, 0.15) is 6.10 Å². The van der Waals surface area contributed by atoms with E-state index in [1.54, 1.807) is 0 Å². The van der Waals surface area contributed by atoms with Crippen LogP contribution in [0.4, 0.5) is 4.79 Å². The zero-order chi connectivity index (χ0) is 19.4. The van der Waals surface area contributed by atoms with Gasteiger partial charge in [0.15, 0.2) is 0 Å². The Labute approximate surface area is 163 Å². The Morgan fingerprint density at radius 2 is 1.59 bits per heavy atom. The molecule has 2 saturated heterocycles. The molecule has 3 rings (SSSR count). The highest BCUT2D eigenvalue weighted by Gasteiger charge is 2.30. The number of nitrogens with zero attached hydrogens (tertiary/aromatic N) is 3. The van der Waals surface area contributed by atoms with Gasteiger partial charge in [-0.05, 0) is 46.5 Å². The van der Waals surface area contributed by atoms with Gasteiger partial charge in [-0.25, -0.2) is 4.79 Å². The molecule has 2 heterocycles. The number of hydrogen-bond acceptors (Lipinski definition) is 5. The zero-order valence-corrected chi connectivity index (χ0v) is 17.2. The minimum atomic E-state index is -0.346. The summed E-state index contributed by atoms with van der Waals surface area (Å²) < 4.78 is 5.51. The molecular formula is C20H36N4O3. The number of amides is 2. The Morgan fingerprint density at radius 3 is 2.11 bits per heavy atom. The molecule has 0 spiro atoms. The van der Waals surface area contributed by atoms with Crippen molar-refractivity contribution < 1.29 is 14.3 Å². The normalized spacial score (nSPS) is 23.7. The number of piperazine rings is 1. The maximum atomic E-state index is 12.6. The average Bonchev–Trinajstić information content (AvgIpc) is 2.54. The molecule has 0 aromatic rings. The fourth-order valence-electron chi connectivity index (χ4n) is 4.05. The molecular weight excluding hydrogens is 344 g/mol. The van der Waals surface area contributed by atoms with E-state index in [9.17, 15) is 9.59 Å². The van der Waals surface area contributed by atoms with Crippen molar-refractivity contribution in [1.82, 2.24) is 20.0 Å². The van der Waals surface area contributed by atoms with Gasteiger partial charge >= 0.3 is 6.09 Å². The number of carbonyl (C=O) groups is 2. The van der Waals surface area contributed by atoms with Crippen molar-refractivity contribution in [3.63, 3.8) is 0 Å². The van der Waals surface area contributed by atoms with E-state index in [-0.39, 0.29) is 23.6 Å². The molecule has 2 amide bonds. The predicted molar refractivity (Wildman–Crippen MR) is 105 cm³/mol. The first kappa shape index (κ1) is 20.4. The summed E-state index contributed by atoms with van der Waals surface area (Å²) in [6.07, 6.45) is 5.21. The Bertz CT molecular complexity index is 514. The van der Waals surface area contributed by atoms with Crippen LogP contribution in [0.1, 0.15) is 52.9 Å². The number of piperidine rings is 1. The summed E-state index contributed by atoms with van der Waals surface area (Å²) in [6, 6.07) is 0.775. The van der Waals surface area contributed by atoms with Crippen LogP contribution < -0.4 is 5.32 Å². The maximum absolute atomic E-state index is 12.6. The van der Waals surface area contributed by atoms with Gasteiger partial charge in [0.05, 0.1) is 6.54 Å². The van der Waals surface area contributed by atoms with Gasteiger partial charge in [-0.15, -0.1) is 0 Å². The SMILES string of the molecule is CC(C)(C)NC(=O)OC1CCN(CC(=O)N2CCN(C3CCC3)CC2)CC1. The van der Waals surface area contributed by atoms with Crippen molar-refractivity contribution in [3.05, 3.63) is 0 Å². The second kappa shape index (κ2) is 8.78. The van der Waals surface area contributed by atoms with Crippen LogP contribution in [0.5, 0.6) is 0 Å². The fourth-order valence-corrected chi connectivity index (χ4v) is 4.05. The molecule has 1 saturated carbocycles. The van der Waals surface area contributed by atoms with Crippen LogP contribution in [-0.2, 0) is 9.53 Å². The number of hydrogen-bond donors (Lipinski definition) is 1. The van der Waals surface area contributed by atoms with E-state index in [1.165, 1.54) is 19.3 Å². The van der Waals surface area contributed by atoms with E-state index >= 15 is 0 Å². The molecule has 7 heteroatoms. The zero-order valence-electron chi connectivity index (χ0n) is 17.2. The minimum Gasteiger partial charge on any atom is -0.446 e. The lowest BCUT2D eigenvalue weighted by Gasteiger charge is -2.43. The first-order valence-electron chi connectivity index (χ1n) is 10.5. The van der Waals surface area contributed by atoms with Crippen LogP contribution in [-0.4, -0.2) is 90.2 Å². The number of ether oxygens (including phenoxy) is 1. The van der Waals surface area contributed by atoms with Crippen molar-refractivity contribution in [2.24, 2.45) is 0 Å². The predicted octanol–water partition coefficient (Wildman–Crippen LogP) is 1.67. The Kier molecular flexibility index (Phi) is 6.63. The molecule has 1 N–H and O–H groups in total. The van der Waals surface area contributed by atoms with Gasteiger partial charge in [-0.1, -0.05) is 6.42 Å². The molecule has 0 radical (unpaired) electrons. The number of rotatable bonds is 4. The van der Waals surface area contributed by atoms with Gasteiger partial charge in [-0.2, -0.15) is 0 Å². The monoisotopic (exact) mass is 380 g/mol. The summed E-state index contributed by atoms with van der Waals surface area (Å²) in [6.45, 7) is 11.7. The van der Waals surface area contributed by atoms with Crippen molar-refractivity contribution in [2.45, 2.75) is 70.6 Å². The van der Waals surface area contributed by atoms with Gasteiger partial charge in [0.2, 0.25) is 5.91 Å². The van der Waals surface area contributed by atoms with E-state index in [2.05, 4.69) is 15.1 Å². The summed E-state index contributed by atoms with van der Waals surface area (Å²) in [4.78, 5) is 31.3. The van der Waals surface area contributed by atoms with E-state index in [0.29, 0.717) is 6.54 Å². The van der Waals surface area contributed by atoms with Crippen LogP contribution in [0.15, 0.2) is 0 Å². The first-order chi connectivity index (χ1) is 12.8. The van der Waals surface area contributed by atoms with Crippen molar-refractivity contribution in [3.8, 4) is 0 Å². The van der Waals surface area contributed by atoms with Crippen LogP contribution in [0, 0.1) is 0 Å². The summed E-state index contributed by atoms with van der Waals surface area (Å²) in [5.74, 6) is 0.244. The van der Waals surface area contributed by atoms with Crippen molar-refractivity contribution >= 4 is 12.0 Å². The summed E-state index contributed by atoms with van der Waals surface area (Å²) in [5.41, 5.74) is -0.285. The minimum absolute atomic E-state index is 0.0512. The molecule has 154 valence electrons. The molecule has 7 nitrogen and oxygen atoms in total. The quantitative estimate of drug-likeness (QED) is 0.804. The van der Waals surface area contributed by atoms with Crippen LogP contribution in [0.3, 0.4) is 0 Å². The molecule has 0 aromatic carbocycles. The van der Waals surface area contributed by atoms with Gasteiger partial charge in [0, 0.05) is 50.8 Å². The topological polar surface area (TPSA) is 65.1 Å². The highest BCUT2D eigenvalue weighted by atomic mass is 16.6. The third-order valence-electron chi connectivity index (χ3n) is 5.90. The van der Waals surface area contributed by atoms with Gasteiger partial charge in [0.25, 0.3) is 0 Å². The smallest absolute Gasteiger partial charge is 0.407 e. The standard InChI is InChI=1S/C20H36N4O3/c1-20(2,3)21-19(26)27-17-7-9-22(10-8-17)15-18(25)24-13-11-23(12-14-24)16-5-4-6-16/h16-17H,4-15H2,1-3H3,(H,21,26). The van der Waals surface area contributed by atoms with E-state index in [1.807, 2.05) is 25.7 Å². The second-order valence-corrected chi connectivity index (χ2v) is 9.26. The summed E-state index contributed by atoms with van der Waals surface area (Å²) in [7, 11) is 0. The molecule has 0 atom stereocenters. The number of alkyl carbamates (subject to hydrolysis) is 1. The Balaban J connectivity index is 1.33. The molecule has 0 bridgehead atoms. The molecule has 2 aliphatic heterocycles. The Hall–Kier alpha value is -1.34. The molecule has 1 aliphatic carbocycles. The molecule has 3 aliphatic rings. The van der Waals surface area contributed by atoms with Crippen LogP contribution in [0.25, 0.3) is 0 Å². The van der Waals surface area contributed by atoms with Crippen molar-refractivity contribution in [1.29, 1.82) is 0 Å². The molecule has 0 aromatic heterocycles. The summed E-state index contributed by atoms with van der Waals surface area (Å²) >= 11 is 0. The lowest BCUT2D eigenvalue weighted by atomic mass is 9.91. The largest absolute Gasteiger partial charge is 0.446 e. The van der Waals surface area contributed by atoms with Crippen molar-refractivity contribution in [2.75, 3.05) is 45.8 Å². The fraction of sp³-hybridized carbons (Fsp3) is 0.900. The first-order valence-corrected chi connectivity index (χ1v) is 10.5. The highest BCUT2D eigenvalue weighted by Crippen LogP contribution is 2.25. The molecule has 0 unspecified atom stereocenters. The van der Waals surface area contributed by atoms with E-state index in [4.69, 9.17) is 4.74 Å². The lowest BCUT2D eigenvalue weighted by molar-refractivity contribution is -0.135. The van der Waals surface area contributed by atoms with Crippen LogP contribution in [0.2, 0.25) is 0 Å². The third-order valence-corrected chi connectivity index (χ3v) is 5.90. The van der Waals surface area contributed by atoms with Crippen LogP contribution >= 0.6 is 0 Å². The average molecular weight is 381 g/mol. The lowest BCUT2D eigenvalue weighted by Crippen LogP contribution is -2.55. The second-order valence-electron chi connectivity index (χ2n) is 9.26. The molecule has 3 fully saturated rings. The third kappa shape index (κ3) is 6.07. The number of likely N-dealkylation sites (tertiary alicyclic amines) is 1. The number of carbonyl (C=O) groups excluding carboxylic acids is 2. The number of nitrogens with one attached hydrogen (secondary N) is 1. The maximum Gasteiger partial charge on any atom is 0.407 e. The van der Waals surface area contributed by atoms with Gasteiger partial charge in [-0.3, -0.25) is 14.6 Å². The Morgan fingerprint density at radius 1 is 0.963 bits per heavy atom. The molecule has 27 heavy (non-hydrogen) atoms. The summed E-state index contributed by atoms with van der Waals surface area (Å²) in [5, 5.41) is 2.83. The van der Waals surface area contributed by atoms with E-state index < -0.39 is 0 Å². The van der Waals surface area contributed by atoms with Gasteiger partial charge < -0.3 is 15.0 Å². The highest BCUT2D eigenvalue weighted by molar-refractivity contribution is 5.78. The van der Waals surface area contributed by atoms with E-state index in [0.717, 1.165) is 58.2 Å².